The summed E-state index contributed by atoms with van der Waals surface area (Å²) in [6.45, 7) is 3.45. The molecule has 102 valence electrons. The van der Waals surface area contributed by atoms with Crippen molar-refractivity contribution in [3.63, 3.8) is 0 Å². The summed E-state index contributed by atoms with van der Waals surface area (Å²) in [5.41, 5.74) is 5.21. The summed E-state index contributed by atoms with van der Waals surface area (Å²) in [6, 6.07) is 5.13. The van der Waals surface area contributed by atoms with Gasteiger partial charge in [0.05, 0.1) is 17.2 Å². The van der Waals surface area contributed by atoms with Gasteiger partial charge in [-0.3, -0.25) is 0 Å². The van der Waals surface area contributed by atoms with Crippen LogP contribution < -0.4 is 10.5 Å². The first-order valence-electron chi connectivity index (χ1n) is 5.71. The largest absolute Gasteiger partial charge is 0.475 e. The lowest BCUT2D eigenvalue weighted by Crippen LogP contribution is -2.11. The minimum Gasteiger partial charge on any atom is -0.475 e. The topological polar surface area (TPSA) is 48.1 Å². The summed E-state index contributed by atoms with van der Waals surface area (Å²) in [7, 11) is 0. The standard InChI is InChI=1S/C13H13F3N2O/c1-7(2)19-12-6-10(13(14,15)16)9-5-8(17)3-4-11(9)18-12/h3-7H,17H2,1-2H3. The van der Waals surface area contributed by atoms with Crippen molar-refractivity contribution in [2.75, 3.05) is 5.73 Å². The fourth-order valence-electron chi connectivity index (χ4n) is 1.76. The van der Waals surface area contributed by atoms with E-state index < -0.39 is 11.7 Å². The highest BCUT2D eigenvalue weighted by molar-refractivity contribution is 5.86. The zero-order valence-electron chi connectivity index (χ0n) is 10.5. The Morgan fingerprint density at radius 1 is 1.21 bits per heavy atom. The van der Waals surface area contributed by atoms with Crippen LogP contribution in [0.1, 0.15) is 19.4 Å². The number of halogens is 3. The van der Waals surface area contributed by atoms with Crippen LogP contribution in [-0.4, -0.2) is 11.1 Å². The molecule has 0 saturated carbocycles. The average Bonchev–Trinajstić information content (AvgIpc) is 2.26. The van der Waals surface area contributed by atoms with E-state index >= 15 is 0 Å². The molecule has 0 bridgehead atoms. The van der Waals surface area contributed by atoms with Gasteiger partial charge in [0.25, 0.3) is 0 Å². The van der Waals surface area contributed by atoms with Crippen molar-refractivity contribution in [1.29, 1.82) is 0 Å². The molecule has 0 saturated heterocycles. The zero-order chi connectivity index (χ0) is 14.2. The predicted octanol–water partition coefficient (Wildman–Crippen LogP) is 3.62. The van der Waals surface area contributed by atoms with E-state index in [0.717, 1.165) is 6.07 Å². The number of hydrogen-bond acceptors (Lipinski definition) is 3. The van der Waals surface area contributed by atoms with Crippen LogP contribution in [0.15, 0.2) is 24.3 Å². The second-order valence-corrected chi connectivity index (χ2v) is 4.45. The molecule has 0 radical (unpaired) electrons. The lowest BCUT2D eigenvalue weighted by Gasteiger charge is -2.14. The number of nitrogen functional groups attached to an aromatic ring is 1. The Kier molecular flexibility index (Phi) is 3.26. The molecule has 0 amide bonds. The van der Waals surface area contributed by atoms with Gasteiger partial charge in [0.1, 0.15) is 0 Å². The Morgan fingerprint density at radius 3 is 2.47 bits per heavy atom. The Bertz CT molecular complexity index is 609. The maximum atomic E-state index is 13.0. The molecule has 1 aromatic heterocycles. The van der Waals surface area contributed by atoms with Crippen LogP contribution in [0.4, 0.5) is 18.9 Å². The monoisotopic (exact) mass is 270 g/mol. The molecule has 2 rings (SSSR count). The second kappa shape index (κ2) is 4.60. The van der Waals surface area contributed by atoms with Crippen molar-refractivity contribution in [3.8, 4) is 5.88 Å². The van der Waals surface area contributed by atoms with Gasteiger partial charge in [0.2, 0.25) is 5.88 Å². The first kappa shape index (κ1) is 13.5. The lowest BCUT2D eigenvalue weighted by molar-refractivity contribution is -0.136. The minimum absolute atomic E-state index is 0.0244. The summed E-state index contributed by atoms with van der Waals surface area (Å²) >= 11 is 0. The van der Waals surface area contributed by atoms with Crippen LogP contribution in [0.2, 0.25) is 0 Å². The van der Waals surface area contributed by atoms with Crippen LogP contribution >= 0.6 is 0 Å². The third-order valence-corrected chi connectivity index (χ3v) is 2.47. The molecular weight excluding hydrogens is 257 g/mol. The second-order valence-electron chi connectivity index (χ2n) is 4.45. The smallest absolute Gasteiger partial charge is 0.417 e. The van der Waals surface area contributed by atoms with E-state index in [9.17, 15) is 13.2 Å². The lowest BCUT2D eigenvalue weighted by atomic mass is 10.1. The average molecular weight is 270 g/mol. The van der Waals surface area contributed by atoms with E-state index in [-0.39, 0.29) is 28.6 Å². The van der Waals surface area contributed by atoms with Gasteiger partial charge < -0.3 is 10.5 Å². The number of alkyl halides is 3. The fourth-order valence-corrected chi connectivity index (χ4v) is 1.76. The van der Waals surface area contributed by atoms with Crippen molar-refractivity contribution in [2.24, 2.45) is 0 Å². The van der Waals surface area contributed by atoms with Crippen molar-refractivity contribution < 1.29 is 17.9 Å². The molecule has 0 fully saturated rings. The number of ether oxygens (including phenoxy) is 1. The highest BCUT2D eigenvalue weighted by atomic mass is 19.4. The normalized spacial score (nSPS) is 12.1. The van der Waals surface area contributed by atoms with Crippen molar-refractivity contribution in [1.82, 2.24) is 4.98 Å². The molecule has 0 unspecified atom stereocenters. The van der Waals surface area contributed by atoms with E-state index in [0.29, 0.717) is 0 Å². The maximum absolute atomic E-state index is 13.0. The zero-order valence-corrected chi connectivity index (χ0v) is 10.5. The van der Waals surface area contributed by atoms with Crippen LogP contribution in [-0.2, 0) is 6.18 Å². The molecule has 0 aliphatic carbocycles. The molecule has 2 N–H and O–H groups in total. The van der Waals surface area contributed by atoms with E-state index in [1.807, 2.05) is 0 Å². The summed E-state index contributed by atoms with van der Waals surface area (Å²) in [4.78, 5) is 4.05. The molecular formula is C13H13F3N2O. The first-order chi connectivity index (χ1) is 8.77. The van der Waals surface area contributed by atoms with E-state index in [1.54, 1.807) is 13.8 Å². The number of rotatable bonds is 2. The molecule has 0 aliphatic rings. The van der Waals surface area contributed by atoms with Gasteiger partial charge in [-0.15, -0.1) is 0 Å². The number of fused-ring (bicyclic) bond motifs is 1. The van der Waals surface area contributed by atoms with E-state index in [2.05, 4.69) is 4.98 Å². The summed E-state index contributed by atoms with van der Waals surface area (Å²) in [5, 5.41) is -0.0244. The van der Waals surface area contributed by atoms with Gasteiger partial charge in [-0.2, -0.15) is 13.2 Å². The Morgan fingerprint density at radius 2 is 1.89 bits per heavy atom. The molecule has 2 aromatic rings. The number of aromatic nitrogens is 1. The number of benzene rings is 1. The SMILES string of the molecule is CC(C)Oc1cc(C(F)(F)F)c2cc(N)ccc2n1. The molecule has 0 atom stereocenters. The Labute approximate surface area is 108 Å². The number of pyridine rings is 1. The van der Waals surface area contributed by atoms with Crippen LogP contribution in [0, 0.1) is 0 Å². The third-order valence-electron chi connectivity index (χ3n) is 2.47. The van der Waals surface area contributed by atoms with Crippen molar-refractivity contribution in [3.05, 3.63) is 29.8 Å². The maximum Gasteiger partial charge on any atom is 0.417 e. The first-order valence-corrected chi connectivity index (χ1v) is 5.71. The van der Waals surface area contributed by atoms with Gasteiger partial charge in [0, 0.05) is 17.1 Å². The predicted molar refractivity (Wildman–Crippen MR) is 66.9 cm³/mol. The fraction of sp³-hybridized carbons (Fsp3) is 0.308. The minimum atomic E-state index is -4.48. The van der Waals surface area contributed by atoms with Crippen molar-refractivity contribution in [2.45, 2.75) is 26.1 Å². The number of hydrogen-bond donors (Lipinski definition) is 1. The Balaban J connectivity index is 2.69. The number of nitrogens with zero attached hydrogens (tertiary/aromatic N) is 1. The third kappa shape index (κ3) is 2.89. The quantitative estimate of drug-likeness (QED) is 0.848. The van der Waals surface area contributed by atoms with Gasteiger partial charge in [-0.05, 0) is 32.0 Å². The molecule has 19 heavy (non-hydrogen) atoms. The van der Waals surface area contributed by atoms with Gasteiger partial charge in [0.15, 0.2) is 0 Å². The van der Waals surface area contributed by atoms with Crippen LogP contribution in [0.25, 0.3) is 10.9 Å². The summed E-state index contributed by atoms with van der Waals surface area (Å²) in [6.07, 6.45) is -4.73. The van der Waals surface area contributed by atoms with E-state index in [1.165, 1.54) is 18.2 Å². The highest BCUT2D eigenvalue weighted by Gasteiger charge is 2.33. The molecule has 1 heterocycles. The van der Waals surface area contributed by atoms with Gasteiger partial charge in [-0.1, -0.05) is 0 Å². The summed E-state index contributed by atoms with van der Waals surface area (Å²) in [5.74, 6) is -0.0420. The van der Waals surface area contributed by atoms with Gasteiger partial charge in [-0.25, -0.2) is 4.98 Å². The van der Waals surface area contributed by atoms with Gasteiger partial charge >= 0.3 is 6.18 Å². The van der Waals surface area contributed by atoms with Crippen molar-refractivity contribution >= 4 is 16.6 Å². The highest BCUT2D eigenvalue weighted by Crippen LogP contribution is 2.37. The molecule has 3 nitrogen and oxygen atoms in total. The van der Waals surface area contributed by atoms with E-state index in [4.69, 9.17) is 10.5 Å². The molecule has 1 aromatic carbocycles. The van der Waals surface area contributed by atoms with Crippen LogP contribution in [0.5, 0.6) is 5.88 Å². The van der Waals surface area contributed by atoms with Crippen LogP contribution in [0.3, 0.4) is 0 Å². The molecule has 0 spiro atoms. The molecule has 0 aliphatic heterocycles. The number of anilines is 1. The summed E-state index contributed by atoms with van der Waals surface area (Å²) < 4.78 is 44.4. The Hall–Kier alpha value is -1.98. The number of nitrogens with two attached hydrogens (primary N) is 1. The molecule has 6 heteroatoms.